The summed E-state index contributed by atoms with van der Waals surface area (Å²) in [6, 6.07) is -1.31. The van der Waals surface area contributed by atoms with Gasteiger partial charge in [0.1, 0.15) is 12.3 Å². The molecule has 2 saturated heterocycles. The lowest BCUT2D eigenvalue weighted by atomic mass is 9.85. The minimum absolute atomic E-state index is 0.0290. The Bertz CT molecular complexity index is 469. The SMILES string of the molecule is CN[C@@H](C)C(=O)N[C@H]1CCS[C@H]2CC(C)(C)[C@@H](C=O)N2C1=O. The molecule has 0 aliphatic carbocycles. The van der Waals surface area contributed by atoms with Crippen LogP contribution in [0.2, 0.25) is 0 Å². The molecule has 4 atom stereocenters. The highest BCUT2D eigenvalue weighted by atomic mass is 32.2. The predicted molar refractivity (Wildman–Crippen MR) is 86.4 cm³/mol. The highest BCUT2D eigenvalue weighted by Crippen LogP contribution is 2.45. The molecule has 2 rings (SSSR count). The van der Waals surface area contributed by atoms with Gasteiger partial charge in [0.05, 0.1) is 17.5 Å². The zero-order chi connectivity index (χ0) is 16.5. The van der Waals surface area contributed by atoms with Gasteiger partial charge in [0.15, 0.2) is 0 Å². The molecule has 2 aliphatic heterocycles. The summed E-state index contributed by atoms with van der Waals surface area (Å²) in [5.41, 5.74) is -0.223. The fourth-order valence-corrected chi connectivity index (χ4v) is 4.67. The van der Waals surface area contributed by atoms with Gasteiger partial charge in [-0.1, -0.05) is 13.8 Å². The number of aldehydes is 1. The summed E-state index contributed by atoms with van der Waals surface area (Å²) in [6.07, 6.45) is 2.28. The third-order valence-electron chi connectivity index (χ3n) is 4.65. The fourth-order valence-electron chi connectivity index (χ4n) is 3.08. The third kappa shape index (κ3) is 3.15. The molecule has 0 saturated carbocycles. The molecule has 0 bridgehead atoms. The lowest BCUT2D eigenvalue weighted by molar-refractivity contribution is -0.140. The van der Waals surface area contributed by atoms with E-state index in [9.17, 15) is 14.4 Å². The molecule has 2 fully saturated rings. The average Bonchev–Trinajstić information content (AvgIpc) is 2.65. The molecule has 0 aromatic rings. The molecule has 0 spiro atoms. The van der Waals surface area contributed by atoms with E-state index >= 15 is 0 Å². The standard InChI is InChI=1S/C15H25N3O3S/c1-9(16-4)13(20)17-10-5-6-22-12-7-15(2,3)11(8-19)18(12)14(10)21/h8-12,16H,5-7H2,1-4H3,(H,17,20)/t9-,10-,11+,12-/m0/s1. The van der Waals surface area contributed by atoms with Crippen molar-refractivity contribution in [1.82, 2.24) is 15.5 Å². The zero-order valence-corrected chi connectivity index (χ0v) is 14.4. The summed E-state index contributed by atoms with van der Waals surface area (Å²) in [5, 5.41) is 5.72. The van der Waals surface area contributed by atoms with Gasteiger partial charge in [-0.3, -0.25) is 9.59 Å². The number of likely N-dealkylation sites (N-methyl/N-ethyl adjacent to an activating group) is 1. The van der Waals surface area contributed by atoms with Crippen molar-refractivity contribution >= 4 is 29.9 Å². The quantitative estimate of drug-likeness (QED) is 0.729. The van der Waals surface area contributed by atoms with Crippen molar-refractivity contribution in [2.75, 3.05) is 12.8 Å². The van der Waals surface area contributed by atoms with Crippen LogP contribution >= 0.6 is 11.8 Å². The number of thioether (sulfide) groups is 1. The van der Waals surface area contributed by atoms with Gasteiger partial charge in [0.25, 0.3) is 0 Å². The van der Waals surface area contributed by atoms with E-state index < -0.39 is 12.1 Å². The van der Waals surface area contributed by atoms with Crippen molar-refractivity contribution in [2.45, 2.75) is 57.1 Å². The Morgan fingerprint density at radius 1 is 1.50 bits per heavy atom. The molecule has 0 aromatic carbocycles. The first kappa shape index (κ1) is 17.3. The van der Waals surface area contributed by atoms with Crippen LogP contribution in [-0.2, 0) is 14.4 Å². The molecule has 6 nitrogen and oxygen atoms in total. The van der Waals surface area contributed by atoms with E-state index in [0.29, 0.717) is 6.42 Å². The second-order valence-electron chi connectivity index (χ2n) is 6.70. The Labute approximate surface area is 135 Å². The number of hydrogen-bond acceptors (Lipinski definition) is 5. The number of rotatable bonds is 4. The predicted octanol–water partition coefficient (Wildman–Crippen LogP) is 0.368. The van der Waals surface area contributed by atoms with Gasteiger partial charge < -0.3 is 20.3 Å². The highest BCUT2D eigenvalue weighted by molar-refractivity contribution is 7.99. The van der Waals surface area contributed by atoms with E-state index in [1.807, 2.05) is 13.8 Å². The number of carbonyl (C=O) groups excluding carboxylic acids is 3. The number of amides is 2. The van der Waals surface area contributed by atoms with Gasteiger partial charge in [-0.15, -0.1) is 11.8 Å². The smallest absolute Gasteiger partial charge is 0.246 e. The van der Waals surface area contributed by atoms with Crippen LogP contribution in [0.15, 0.2) is 0 Å². The largest absolute Gasteiger partial charge is 0.343 e. The fraction of sp³-hybridized carbons (Fsp3) is 0.800. The maximum Gasteiger partial charge on any atom is 0.246 e. The first-order valence-corrected chi connectivity index (χ1v) is 8.73. The molecule has 0 aromatic heterocycles. The number of nitrogens with one attached hydrogen (secondary N) is 2. The highest BCUT2D eigenvalue weighted by Gasteiger charge is 2.51. The third-order valence-corrected chi connectivity index (χ3v) is 5.90. The normalized spacial score (nSPS) is 32.1. The first-order valence-electron chi connectivity index (χ1n) is 7.68. The summed E-state index contributed by atoms with van der Waals surface area (Å²) in [6.45, 7) is 5.79. The van der Waals surface area contributed by atoms with Crippen molar-refractivity contribution in [1.29, 1.82) is 0 Å². The summed E-state index contributed by atoms with van der Waals surface area (Å²) < 4.78 is 0. The molecule has 0 radical (unpaired) electrons. The topological polar surface area (TPSA) is 78.5 Å². The van der Waals surface area contributed by atoms with E-state index in [2.05, 4.69) is 10.6 Å². The Hall–Kier alpha value is -1.08. The lowest BCUT2D eigenvalue weighted by Crippen LogP contribution is -2.54. The second kappa shape index (κ2) is 6.58. The molecule has 2 heterocycles. The van der Waals surface area contributed by atoms with Gasteiger partial charge in [0.2, 0.25) is 11.8 Å². The number of hydrogen-bond donors (Lipinski definition) is 2. The van der Waals surface area contributed by atoms with Crippen LogP contribution < -0.4 is 10.6 Å². The summed E-state index contributed by atoms with van der Waals surface area (Å²) in [7, 11) is 1.70. The molecule has 2 amide bonds. The summed E-state index contributed by atoms with van der Waals surface area (Å²) in [5.74, 6) is 0.479. The van der Waals surface area contributed by atoms with Crippen molar-refractivity contribution in [3.8, 4) is 0 Å². The second-order valence-corrected chi connectivity index (χ2v) is 7.99. The molecule has 7 heteroatoms. The minimum Gasteiger partial charge on any atom is -0.343 e. The number of carbonyl (C=O) groups is 3. The van der Waals surface area contributed by atoms with Crippen LogP contribution in [-0.4, -0.2) is 59.3 Å². The summed E-state index contributed by atoms with van der Waals surface area (Å²) >= 11 is 1.70. The van der Waals surface area contributed by atoms with Crippen molar-refractivity contribution in [3.63, 3.8) is 0 Å². The Kier molecular flexibility index (Phi) is 5.17. The van der Waals surface area contributed by atoms with E-state index in [4.69, 9.17) is 0 Å². The van der Waals surface area contributed by atoms with Crippen molar-refractivity contribution in [3.05, 3.63) is 0 Å². The Morgan fingerprint density at radius 2 is 2.18 bits per heavy atom. The van der Waals surface area contributed by atoms with Crippen LogP contribution in [0.25, 0.3) is 0 Å². The van der Waals surface area contributed by atoms with Gasteiger partial charge in [-0.2, -0.15) is 0 Å². The van der Waals surface area contributed by atoms with E-state index in [1.54, 1.807) is 30.6 Å². The van der Waals surface area contributed by atoms with Gasteiger partial charge in [-0.05, 0) is 38.0 Å². The van der Waals surface area contributed by atoms with Crippen LogP contribution in [0.5, 0.6) is 0 Å². The lowest BCUT2D eigenvalue weighted by Gasteiger charge is -2.31. The van der Waals surface area contributed by atoms with Crippen LogP contribution in [0, 0.1) is 5.41 Å². The zero-order valence-electron chi connectivity index (χ0n) is 13.6. The summed E-state index contributed by atoms with van der Waals surface area (Å²) in [4.78, 5) is 38.1. The molecule has 2 N–H and O–H groups in total. The Balaban J connectivity index is 2.18. The van der Waals surface area contributed by atoms with Crippen LogP contribution in [0.4, 0.5) is 0 Å². The van der Waals surface area contributed by atoms with E-state index in [-0.39, 0.29) is 28.6 Å². The molecule has 0 unspecified atom stereocenters. The Morgan fingerprint density at radius 3 is 2.77 bits per heavy atom. The maximum atomic E-state index is 12.8. The monoisotopic (exact) mass is 327 g/mol. The number of fused-ring (bicyclic) bond motifs is 1. The van der Waals surface area contributed by atoms with Crippen LogP contribution in [0.1, 0.15) is 33.6 Å². The maximum absolute atomic E-state index is 12.8. The molecular formula is C15H25N3O3S. The molecule has 22 heavy (non-hydrogen) atoms. The molecule has 2 aliphatic rings. The van der Waals surface area contributed by atoms with Gasteiger partial charge in [0, 0.05) is 0 Å². The van der Waals surface area contributed by atoms with Crippen molar-refractivity contribution in [2.24, 2.45) is 5.41 Å². The minimum atomic E-state index is -0.544. The first-order chi connectivity index (χ1) is 10.3. The molecule has 124 valence electrons. The van der Waals surface area contributed by atoms with Gasteiger partial charge >= 0.3 is 0 Å². The van der Waals surface area contributed by atoms with E-state index in [1.165, 1.54) is 0 Å². The molecular weight excluding hydrogens is 302 g/mol. The van der Waals surface area contributed by atoms with Crippen LogP contribution in [0.3, 0.4) is 0 Å². The van der Waals surface area contributed by atoms with E-state index in [0.717, 1.165) is 18.5 Å². The van der Waals surface area contributed by atoms with Gasteiger partial charge in [-0.25, -0.2) is 0 Å². The average molecular weight is 327 g/mol. The van der Waals surface area contributed by atoms with Crippen molar-refractivity contribution < 1.29 is 14.4 Å². The number of nitrogens with zero attached hydrogens (tertiary/aromatic N) is 1.